The van der Waals surface area contributed by atoms with Crippen LogP contribution in [0.1, 0.15) is 39.6 Å². The van der Waals surface area contributed by atoms with E-state index in [9.17, 15) is 22.8 Å². The fourth-order valence-electron chi connectivity index (χ4n) is 5.64. The fourth-order valence-corrected chi connectivity index (χ4v) is 5.96. The first-order valence-corrected chi connectivity index (χ1v) is 13.2. The Morgan fingerprint density at radius 3 is 2.26 bits per heavy atom. The molecule has 0 bridgehead atoms. The highest BCUT2D eigenvalue weighted by Crippen LogP contribution is 2.40. The number of carbonyl (C=O) groups excluding carboxylic acids is 2. The molecule has 3 atom stereocenters. The summed E-state index contributed by atoms with van der Waals surface area (Å²) in [6, 6.07) is 11.1. The zero-order valence-electron chi connectivity index (χ0n) is 21.0. The molecule has 7 nitrogen and oxygen atoms in total. The number of amides is 2. The lowest BCUT2D eigenvalue weighted by Crippen LogP contribution is -2.36. The summed E-state index contributed by atoms with van der Waals surface area (Å²) in [5.74, 6) is -1.05. The zero-order valence-corrected chi connectivity index (χ0v) is 22.5. The molecule has 206 valence electrons. The third kappa shape index (κ3) is 5.50. The molecule has 2 aliphatic rings. The SMILES string of the molecule is Cc1ccc(C(CC(N)=O)N2CC3CN(C(=O)c4cnn(-c5ccc(Cl)cc5)c4C(F)(F)F)CC3C2)cc1Cl. The topological polar surface area (TPSA) is 84.5 Å². The van der Waals surface area contributed by atoms with Crippen LogP contribution < -0.4 is 5.73 Å². The maximum Gasteiger partial charge on any atom is 0.434 e. The van der Waals surface area contributed by atoms with Crippen LogP contribution in [0.3, 0.4) is 0 Å². The van der Waals surface area contributed by atoms with Crippen molar-refractivity contribution in [2.45, 2.75) is 25.6 Å². The van der Waals surface area contributed by atoms with Gasteiger partial charge in [-0.25, -0.2) is 4.68 Å². The number of halogens is 5. The van der Waals surface area contributed by atoms with Crippen molar-refractivity contribution in [2.75, 3.05) is 26.2 Å². The molecule has 2 fully saturated rings. The summed E-state index contributed by atoms with van der Waals surface area (Å²) in [6.07, 6.45) is -3.71. The summed E-state index contributed by atoms with van der Waals surface area (Å²) in [5.41, 5.74) is 5.89. The van der Waals surface area contributed by atoms with Gasteiger partial charge in [0.05, 0.1) is 17.4 Å². The van der Waals surface area contributed by atoms with Gasteiger partial charge in [0, 0.05) is 48.7 Å². The van der Waals surface area contributed by atoms with Crippen LogP contribution in [0.15, 0.2) is 48.7 Å². The van der Waals surface area contributed by atoms with Crippen LogP contribution in [0.5, 0.6) is 0 Å². The summed E-state index contributed by atoms with van der Waals surface area (Å²) >= 11 is 12.2. The number of aryl methyl sites for hydroxylation is 1. The number of fused-ring (bicyclic) bond motifs is 1. The minimum atomic E-state index is -4.80. The second-order valence-electron chi connectivity index (χ2n) is 10.2. The number of hydrogen-bond donors (Lipinski definition) is 1. The predicted molar refractivity (Wildman–Crippen MR) is 141 cm³/mol. The Labute approximate surface area is 233 Å². The molecule has 3 unspecified atom stereocenters. The summed E-state index contributed by atoms with van der Waals surface area (Å²) in [5, 5.41) is 4.87. The number of alkyl halides is 3. The third-order valence-electron chi connectivity index (χ3n) is 7.56. The molecule has 0 radical (unpaired) electrons. The Hall–Kier alpha value is -3.08. The number of carbonyl (C=O) groups is 2. The van der Waals surface area contributed by atoms with Crippen LogP contribution >= 0.6 is 23.2 Å². The number of likely N-dealkylation sites (tertiary alicyclic amines) is 2. The average Bonchev–Trinajstić information content (AvgIpc) is 3.57. The van der Waals surface area contributed by atoms with Crippen LogP contribution in [0.2, 0.25) is 10.0 Å². The number of rotatable bonds is 6. The molecule has 3 aromatic rings. The monoisotopic (exact) mass is 579 g/mol. The quantitative estimate of drug-likeness (QED) is 0.439. The van der Waals surface area contributed by atoms with E-state index < -0.39 is 29.2 Å². The molecule has 2 aliphatic heterocycles. The smallest absolute Gasteiger partial charge is 0.370 e. The molecular weight excluding hydrogens is 554 g/mol. The Morgan fingerprint density at radius 1 is 1.05 bits per heavy atom. The van der Waals surface area contributed by atoms with Gasteiger partial charge in [-0.3, -0.25) is 14.5 Å². The van der Waals surface area contributed by atoms with Crippen LogP contribution in [-0.4, -0.2) is 57.6 Å². The first-order chi connectivity index (χ1) is 18.4. The lowest BCUT2D eigenvalue weighted by molar-refractivity contribution is -0.143. The summed E-state index contributed by atoms with van der Waals surface area (Å²) < 4.78 is 43.1. The molecule has 2 saturated heterocycles. The van der Waals surface area contributed by atoms with Crippen LogP contribution in [0, 0.1) is 18.8 Å². The summed E-state index contributed by atoms with van der Waals surface area (Å²) in [7, 11) is 0. The van der Waals surface area contributed by atoms with Crippen molar-refractivity contribution in [3.05, 3.63) is 81.1 Å². The van der Waals surface area contributed by atoms with E-state index in [0.717, 1.165) is 22.0 Å². The molecule has 0 saturated carbocycles. The maximum atomic E-state index is 14.1. The summed E-state index contributed by atoms with van der Waals surface area (Å²) in [4.78, 5) is 28.9. The highest BCUT2D eigenvalue weighted by Gasteiger charge is 2.46. The minimum Gasteiger partial charge on any atom is -0.370 e. The predicted octanol–water partition coefficient (Wildman–Crippen LogP) is 5.13. The van der Waals surface area contributed by atoms with E-state index >= 15 is 0 Å². The normalized spacial score (nSPS) is 20.3. The zero-order chi connectivity index (χ0) is 28.1. The first kappa shape index (κ1) is 27.5. The van der Waals surface area contributed by atoms with Gasteiger partial charge in [-0.15, -0.1) is 0 Å². The first-order valence-electron chi connectivity index (χ1n) is 12.4. The Kier molecular flexibility index (Phi) is 7.39. The van der Waals surface area contributed by atoms with E-state index in [1.165, 1.54) is 29.2 Å². The number of nitrogens with two attached hydrogens (primary N) is 1. The average molecular weight is 580 g/mol. The molecule has 2 N–H and O–H groups in total. The number of hydrogen-bond acceptors (Lipinski definition) is 4. The van der Waals surface area contributed by atoms with Gasteiger partial charge in [0.15, 0.2) is 5.69 Å². The molecule has 0 spiro atoms. The van der Waals surface area contributed by atoms with Gasteiger partial charge in [0.1, 0.15) is 0 Å². The van der Waals surface area contributed by atoms with E-state index in [1.54, 1.807) is 0 Å². The molecule has 5 rings (SSSR count). The van der Waals surface area contributed by atoms with Gasteiger partial charge < -0.3 is 10.6 Å². The van der Waals surface area contributed by atoms with Crippen LogP contribution in [0.4, 0.5) is 13.2 Å². The van der Waals surface area contributed by atoms with E-state index in [0.29, 0.717) is 36.2 Å². The van der Waals surface area contributed by atoms with E-state index in [4.69, 9.17) is 28.9 Å². The molecule has 0 aliphatic carbocycles. The van der Waals surface area contributed by atoms with E-state index in [2.05, 4.69) is 10.00 Å². The van der Waals surface area contributed by atoms with Gasteiger partial charge in [-0.2, -0.15) is 18.3 Å². The Morgan fingerprint density at radius 2 is 1.69 bits per heavy atom. The lowest BCUT2D eigenvalue weighted by Gasteiger charge is -2.29. The van der Waals surface area contributed by atoms with E-state index in [-0.39, 0.29) is 30.0 Å². The van der Waals surface area contributed by atoms with Crippen molar-refractivity contribution in [3.63, 3.8) is 0 Å². The standard InChI is InChI=1S/C27H26Cl2F3N5O2/c1-15-2-3-16(8-22(15)29)23(9-24(33)38)35-11-17-13-36(14-18(17)12-35)26(39)21-10-34-37(25(21)27(30,31)32)20-6-4-19(28)5-7-20/h2-8,10,17-18,23H,9,11-14H2,1H3,(H2,33,38). The summed E-state index contributed by atoms with van der Waals surface area (Å²) in [6.45, 7) is 3.66. The van der Waals surface area contributed by atoms with E-state index in [1.807, 2.05) is 25.1 Å². The molecule has 2 aromatic carbocycles. The van der Waals surface area contributed by atoms with Gasteiger partial charge in [0.25, 0.3) is 5.91 Å². The molecule has 12 heteroatoms. The number of nitrogens with zero attached hydrogens (tertiary/aromatic N) is 4. The molecule has 3 heterocycles. The van der Waals surface area contributed by atoms with Crippen molar-refractivity contribution in [3.8, 4) is 5.69 Å². The van der Waals surface area contributed by atoms with Gasteiger partial charge in [-0.05, 0) is 60.2 Å². The van der Waals surface area contributed by atoms with Crippen molar-refractivity contribution in [1.29, 1.82) is 0 Å². The molecule has 2 amide bonds. The van der Waals surface area contributed by atoms with Crippen LogP contribution in [0.25, 0.3) is 5.69 Å². The minimum absolute atomic E-state index is 0.0471. The second-order valence-corrected chi connectivity index (χ2v) is 11.0. The second kappa shape index (κ2) is 10.5. The number of aromatic nitrogens is 2. The molecular formula is C27H26Cl2F3N5O2. The van der Waals surface area contributed by atoms with Crippen molar-refractivity contribution in [2.24, 2.45) is 17.6 Å². The fraction of sp³-hybridized carbons (Fsp3) is 0.370. The third-order valence-corrected chi connectivity index (χ3v) is 8.22. The number of benzene rings is 2. The largest absolute Gasteiger partial charge is 0.434 e. The van der Waals surface area contributed by atoms with Gasteiger partial charge in [-0.1, -0.05) is 35.3 Å². The lowest BCUT2D eigenvalue weighted by atomic mass is 10.0. The van der Waals surface area contributed by atoms with Crippen molar-refractivity contribution < 1.29 is 22.8 Å². The highest BCUT2D eigenvalue weighted by atomic mass is 35.5. The molecule has 39 heavy (non-hydrogen) atoms. The van der Waals surface area contributed by atoms with Gasteiger partial charge >= 0.3 is 6.18 Å². The number of primary amides is 1. The highest BCUT2D eigenvalue weighted by molar-refractivity contribution is 6.31. The maximum absolute atomic E-state index is 14.1. The van der Waals surface area contributed by atoms with Crippen LogP contribution in [-0.2, 0) is 11.0 Å². The van der Waals surface area contributed by atoms with Crippen molar-refractivity contribution >= 4 is 35.0 Å². The molecule has 1 aromatic heterocycles. The Bertz CT molecular complexity index is 1400. The van der Waals surface area contributed by atoms with Crippen molar-refractivity contribution in [1.82, 2.24) is 19.6 Å². The van der Waals surface area contributed by atoms with Gasteiger partial charge in [0.2, 0.25) is 5.91 Å². The Balaban J connectivity index is 1.34.